The Morgan fingerprint density at radius 1 is 1.17 bits per heavy atom. The van der Waals surface area contributed by atoms with Gasteiger partial charge in [0.1, 0.15) is 11.1 Å². The Balaban J connectivity index is 2.10. The molecule has 1 unspecified atom stereocenters. The third kappa shape index (κ3) is 4.19. The van der Waals surface area contributed by atoms with Gasteiger partial charge in [0.05, 0.1) is 11.2 Å². The van der Waals surface area contributed by atoms with E-state index in [0.717, 1.165) is 0 Å². The minimum Gasteiger partial charge on any atom is -0.423 e. The molecule has 0 aliphatic heterocycles. The van der Waals surface area contributed by atoms with Crippen LogP contribution in [-0.2, 0) is 4.65 Å². The highest BCUT2D eigenvalue weighted by Crippen LogP contribution is 2.26. The molecule has 0 radical (unpaired) electrons. The predicted molar refractivity (Wildman–Crippen MR) is 91.7 cm³/mol. The minimum absolute atomic E-state index is 0.553. The molecule has 1 aromatic heterocycles. The number of aromatic nitrogens is 1. The van der Waals surface area contributed by atoms with Crippen LogP contribution in [0.2, 0.25) is 0 Å². The summed E-state index contributed by atoms with van der Waals surface area (Å²) in [6, 6.07) is 6.84. The number of thiazole rings is 1. The normalized spacial score (nSPS) is 13.9. The molecular formula is C16H22BNO4S. The molecule has 23 heavy (non-hydrogen) atoms. The molecule has 0 amide bonds. The van der Waals surface area contributed by atoms with Crippen LogP contribution in [0.4, 0.5) is 0 Å². The Labute approximate surface area is 140 Å². The summed E-state index contributed by atoms with van der Waals surface area (Å²) in [6.07, 6.45) is 0.864. The molecule has 0 saturated heterocycles. The maximum absolute atomic E-state index is 10.2. The van der Waals surface area contributed by atoms with Crippen molar-refractivity contribution in [2.75, 3.05) is 0 Å². The average molecular weight is 335 g/mol. The van der Waals surface area contributed by atoms with Crippen LogP contribution in [0, 0.1) is 0 Å². The molecule has 0 bridgehead atoms. The monoisotopic (exact) mass is 335 g/mol. The van der Waals surface area contributed by atoms with Gasteiger partial charge in [-0.05, 0) is 38.7 Å². The van der Waals surface area contributed by atoms with E-state index in [1.807, 2.05) is 5.38 Å². The van der Waals surface area contributed by atoms with Gasteiger partial charge in [0.2, 0.25) is 0 Å². The SMILES string of the molecule is CC(C)(O)C(C)(C)OB(O)c1ccc(C(O)c2nccs2)cc1. The number of hydrogen-bond donors (Lipinski definition) is 3. The first-order valence-corrected chi connectivity index (χ1v) is 8.25. The van der Waals surface area contributed by atoms with E-state index in [9.17, 15) is 15.2 Å². The summed E-state index contributed by atoms with van der Waals surface area (Å²) in [4.78, 5) is 4.09. The van der Waals surface area contributed by atoms with Crippen LogP contribution < -0.4 is 5.46 Å². The molecule has 0 fully saturated rings. The van der Waals surface area contributed by atoms with Gasteiger partial charge in [-0.2, -0.15) is 0 Å². The van der Waals surface area contributed by atoms with E-state index in [0.29, 0.717) is 16.0 Å². The van der Waals surface area contributed by atoms with Crippen molar-refractivity contribution in [1.82, 2.24) is 4.98 Å². The quantitative estimate of drug-likeness (QED) is 0.697. The van der Waals surface area contributed by atoms with Gasteiger partial charge in [-0.15, -0.1) is 11.3 Å². The lowest BCUT2D eigenvalue weighted by atomic mass is 9.76. The molecular weight excluding hydrogens is 313 g/mol. The molecule has 0 aliphatic carbocycles. The zero-order valence-corrected chi connectivity index (χ0v) is 14.5. The second-order valence-electron chi connectivity index (χ2n) is 6.48. The standard InChI is InChI=1S/C16H22BNO4S/c1-15(2,20)16(3,4)22-17(21)12-7-5-11(6-8-12)13(19)14-18-9-10-23-14/h5-10,13,19-21H,1-4H3. The van der Waals surface area contributed by atoms with Crippen molar-refractivity contribution in [3.8, 4) is 0 Å². The van der Waals surface area contributed by atoms with Crippen molar-refractivity contribution in [3.05, 3.63) is 46.4 Å². The molecule has 1 aromatic carbocycles. The predicted octanol–water partition coefficient (Wildman–Crippen LogP) is 1.48. The Kier molecular flexibility index (Phi) is 5.28. The Morgan fingerprint density at radius 2 is 1.78 bits per heavy atom. The summed E-state index contributed by atoms with van der Waals surface area (Å²) < 4.78 is 5.59. The van der Waals surface area contributed by atoms with Crippen LogP contribution in [-0.4, -0.2) is 38.5 Å². The van der Waals surface area contributed by atoms with Crippen molar-refractivity contribution >= 4 is 23.9 Å². The molecule has 0 saturated carbocycles. The van der Waals surface area contributed by atoms with Gasteiger partial charge in [-0.1, -0.05) is 24.3 Å². The first-order chi connectivity index (χ1) is 10.6. The van der Waals surface area contributed by atoms with E-state index in [2.05, 4.69) is 4.98 Å². The first-order valence-electron chi connectivity index (χ1n) is 7.37. The first kappa shape index (κ1) is 18.1. The maximum Gasteiger partial charge on any atom is 0.491 e. The molecule has 2 rings (SSSR count). The van der Waals surface area contributed by atoms with E-state index in [-0.39, 0.29) is 0 Å². The Morgan fingerprint density at radius 3 is 2.26 bits per heavy atom. The van der Waals surface area contributed by atoms with Crippen LogP contribution in [0.5, 0.6) is 0 Å². The number of rotatable bonds is 6. The van der Waals surface area contributed by atoms with Crippen molar-refractivity contribution in [1.29, 1.82) is 0 Å². The molecule has 1 heterocycles. The molecule has 5 nitrogen and oxygen atoms in total. The number of benzene rings is 1. The fraction of sp³-hybridized carbons (Fsp3) is 0.438. The van der Waals surface area contributed by atoms with Gasteiger partial charge in [0, 0.05) is 11.6 Å². The van der Waals surface area contributed by atoms with Crippen LogP contribution in [0.3, 0.4) is 0 Å². The molecule has 0 spiro atoms. The summed E-state index contributed by atoms with van der Waals surface area (Å²) in [7, 11) is -1.16. The Hall–Kier alpha value is -1.25. The average Bonchev–Trinajstić information content (AvgIpc) is 2.99. The largest absolute Gasteiger partial charge is 0.491 e. The number of aliphatic hydroxyl groups excluding tert-OH is 1. The highest BCUT2D eigenvalue weighted by Gasteiger charge is 2.39. The summed E-state index contributed by atoms with van der Waals surface area (Å²) in [6.45, 7) is 6.70. The van der Waals surface area contributed by atoms with Crippen LogP contribution in [0.25, 0.3) is 0 Å². The van der Waals surface area contributed by atoms with Gasteiger partial charge in [-0.3, -0.25) is 0 Å². The third-order valence-corrected chi connectivity index (χ3v) is 4.93. The van der Waals surface area contributed by atoms with E-state index >= 15 is 0 Å². The van der Waals surface area contributed by atoms with Gasteiger partial charge in [0.15, 0.2) is 0 Å². The lowest BCUT2D eigenvalue weighted by Gasteiger charge is -2.38. The molecule has 1 atom stereocenters. The lowest BCUT2D eigenvalue weighted by Crippen LogP contribution is -2.53. The van der Waals surface area contributed by atoms with Gasteiger partial charge >= 0.3 is 7.12 Å². The summed E-state index contributed by atoms with van der Waals surface area (Å²) >= 11 is 1.38. The van der Waals surface area contributed by atoms with E-state index < -0.39 is 24.4 Å². The lowest BCUT2D eigenvalue weighted by molar-refractivity contribution is -0.0982. The van der Waals surface area contributed by atoms with Crippen molar-refractivity contribution in [2.24, 2.45) is 0 Å². The van der Waals surface area contributed by atoms with Gasteiger partial charge in [0.25, 0.3) is 0 Å². The zero-order valence-electron chi connectivity index (χ0n) is 13.7. The third-order valence-electron chi connectivity index (χ3n) is 4.10. The van der Waals surface area contributed by atoms with Crippen molar-refractivity contribution < 1.29 is 19.9 Å². The van der Waals surface area contributed by atoms with Crippen LogP contribution in [0.1, 0.15) is 44.4 Å². The van der Waals surface area contributed by atoms with Gasteiger partial charge < -0.3 is 19.9 Å². The van der Waals surface area contributed by atoms with Gasteiger partial charge in [-0.25, -0.2) is 4.98 Å². The van der Waals surface area contributed by atoms with Crippen LogP contribution >= 0.6 is 11.3 Å². The smallest absolute Gasteiger partial charge is 0.423 e. The highest BCUT2D eigenvalue weighted by molar-refractivity contribution is 7.09. The number of hydrogen-bond acceptors (Lipinski definition) is 6. The second kappa shape index (κ2) is 6.71. The number of nitrogens with zero attached hydrogens (tertiary/aromatic N) is 1. The Bertz CT molecular complexity index is 623. The zero-order chi connectivity index (χ0) is 17.3. The van der Waals surface area contributed by atoms with Crippen molar-refractivity contribution in [2.45, 2.75) is 45.0 Å². The maximum atomic E-state index is 10.2. The number of aliphatic hydroxyl groups is 2. The topological polar surface area (TPSA) is 82.8 Å². The fourth-order valence-electron chi connectivity index (χ4n) is 1.85. The summed E-state index contributed by atoms with van der Waals surface area (Å²) in [5, 5.41) is 33.0. The van der Waals surface area contributed by atoms with Crippen molar-refractivity contribution in [3.63, 3.8) is 0 Å². The molecule has 3 N–H and O–H groups in total. The summed E-state index contributed by atoms with van der Waals surface area (Å²) in [5.74, 6) is 0. The minimum atomic E-state index is -1.16. The molecule has 0 aliphatic rings. The molecule has 2 aromatic rings. The molecule has 124 valence electrons. The van der Waals surface area contributed by atoms with E-state index in [1.54, 1.807) is 58.2 Å². The fourth-order valence-corrected chi connectivity index (χ4v) is 2.49. The highest BCUT2D eigenvalue weighted by atomic mass is 32.1. The molecule has 7 heteroatoms. The summed E-state index contributed by atoms with van der Waals surface area (Å²) in [5.41, 5.74) is -0.782. The van der Waals surface area contributed by atoms with E-state index in [4.69, 9.17) is 4.65 Å². The second-order valence-corrected chi connectivity index (χ2v) is 7.41. The van der Waals surface area contributed by atoms with Crippen LogP contribution in [0.15, 0.2) is 35.8 Å². The van der Waals surface area contributed by atoms with E-state index in [1.165, 1.54) is 11.3 Å².